The van der Waals surface area contributed by atoms with Gasteiger partial charge in [-0.05, 0) is 37.9 Å². The topological polar surface area (TPSA) is 67.6 Å². The van der Waals surface area contributed by atoms with Gasteiger partial charge in [0.15, 0.2) is 0 Å². The van der Waals surface area contributed by atoms with Crippen LogP contribution in [-0.2, 0) is 6.42 Å². The van der Waals surface area contributed by atoms with E-state index in [1.807, 2.05) is 18.3 Å². The van der Waals surface area contributed by atoms with Gasteiger partial charge in [-0.25, -0.2) is 0 Å². The predicted octanol–water partition coefficient (Wildman–Crippen LogP) is 1.85. The molecule has 1 fully saturated rings. The molecule has 2 aromatic rings. The molecule has 1 aliphatic rings. The first-order valence-corrected chi connectivity index (χ1v) is 6.07. The Kier molecular flexibility index (Phi) is 2.65. The van der Waals surface area contributed by atoms with Crippen LogP contribution in [0, 0.1) is 0 Å². The van der Waals surface area contributed by atoms with Gasteiger partial charge >= 0.3 is 0 Å². The fourth-order valence-electron chi connectivity index (χ4n) is 2.23. The lowest BCUT2D eigenvalue weighted by atomic mass is 10.0. The van der Waals surface area contributed by atoms with E-state index in [0.29, 0.717) is 12.5 Å². The lowest BCUT2D eigenvalue weighted by Crippen LogP contribution is -2.05. The average Bonchev–Trinajstić information content (AvgIpc) is 3.13. The van der Waals surface area contributed by atoms with Crippen molar-refractivity contribution >= 4 is 0 Å². The summed E-state index contributed by atoms with van der Waals surface area (Å²) in [6.45, 7) is 0.659. The van der Waals surface area contributed by atoms with Crippen molar-refractivity contribution in [2.45, 2.75) is 25.2 Å². The van der Waals surface area contributed by atoms with E-state index in [1.54, 1.807) is 6.20 Å². The molecule has 1 aliphatic carbocycles. The first-order chi connectivity index (χ1) is 8.40. The van der Waals surface area contributed by atoms with Crippen molar-refractivity contribution in [1.29, 1.82) is 0 Å². The van der Waals surface area contributed by atoms with Crippen LogP contribution in [0.5, 0.6) is 0 Å². The number of aromatic amines is 1. The molecule has 4 heteroatoms. The van der Waals surface area contributed by atoms with Crippen LogP contribution in [0.25, 0.3) is 11.3 Å². The van der Waals surface area contributed by atoms with E-state index in [4.69, 9.17) is 5.73 Å². The van der Waals surface area contributed by atoms with E-state index in [0.717, 1.165) is 17.7 Å². The quantitative estimate of drug-likeness (QED) is 0.839. The van der Waals surface area contributed by atoms with E-state index < -0.39 is 0 Å². The van der Waals surface area contributed by atoms with Crippen LogP contribution in [0.1, 0.15) is 30.0 Å². The summed E-state index contributed by atoms with van der Waals surface area (Å²) in [5, 5.41) is 7.63. The maximum atomic E-state index is 5.70. The van der Waals surface area contributed by atoms with Crippen LogP contribution >= 0.6 is 0 Å². The Morgan fingerprint density at radius 3 is 2.94 bits per heavy atom. The number of hydrogen-bond acceptors (Lipinski definition) is 3. The fraction of sp³-hybridized carbons (Fsp3) is 0.385. The average molecular weight is 228 g/mol. The number of nitrogens with one attached hydrogen (secondary N) is 1. The van der Waals surface area contributed by atoms with Crippen LogP contribution < -0.4 is 5.73 Å². The van der Waals surface area contributed by atoms with Gasteiger partial charge in [-0.3, -0.25) is 10.1 Å². The summed E-state index contributed by atoms with van der Waals surface area (Å²) in [4.78, 5) is 4.15. The van der Waals surface area contributed by atoms with Gasteiger partial charge in [0, 0.05) is 35.1 Å². The first kappa shape index (κ1) is 10.5. The number of H-pyrrole nitrogens is 1. The molecule has 0 unspecified atom stereocenters. The minimum atomic E-state index is 0.659. The Morgan fingerprint density at radius 2 is 2.29 bits per heavy atom. The summed E-state index contributed by atoms with van der Waals surface area (Å²) in [7, 11) is 0. The molecule has 0 amide bonds. The van der Waals surface area contributed by atoms with E-state index in [-0.39, 0.29) is 0 Å². The smallest absolute Gasteiger partial charge is 0.0971 e. The highest BCUT2D eigenvalue weighted by molar-refractivity contribution is 5.63. The van der Waals surface area contributed by atoms with Crippen LogP contribution in [0.2, 0.25) is 0 Å². The third-order valence-corrected chi connectivity index (χ3v) is 3.21. The highest BCUT2D eigenvalue weighted by atomic mass is 15.1. The van der Waals surface area contributed by atoms with Crippen molar-refractivity contribution in [2.75, 3.05) is 6.54 Å². The molecule has 2 heterocycles. The monoisotopic (exact) mass is 228 g/mol. The summed E-state index contributed by atoms with van der Waals surface area (Å²) in [6.07, 6.45) is 7.05. The van der Waals surface area contributed by atoms with Crippen LogP contribution in [0.3, 0.4) is 0 Å². The van der Waals surface area contributed by atoms with Gasteiger partial charge in [0.05, 0.1) is 5.69 Å². The molecule has 0 radical (unpaired) electrons. The van der Waals surface area contributed by atoms with E-state index in [2.05, 4.69) is 15.2 Å². The van der Waals surface area contributed by atoms with Crippen molar-refractivity contribution in [1.82, 2.24) is 15.2 Å². The minimum absolute atomic E-state index is 0.659. The van der Waals surface area contributed by atoms with E-state index >= 15 is 0 Å². The van der Waals surface area contributed by atoms with Crippen molar-refractivity contribution < 1.29 is 0 Å². The Balaban J connectivity index is 2.04. The molecule has 88 valence electrons. The van der Waals surface area contributed by atoms with Crippen LogP contribution in [0.15, 0.2) is 24.5 Å². The second-order valence-corrected chi connectivity index (χ2v) is 4.52. The molecule has 2 aromatic heterocycles. The molecule has 0 spiro atoms. The zero-order valence-corrected chi connectivity index (χ0v) is 9.69. The molecule has 0 atom stereocenters. The van der Waals surface area contributed by atoms with E-state index in [9.17, 15) is 0 Å². The summed E-state index contributed by atoms with van der Waals surface area (Å²) in [5.74, 6) is 0.675. The molecular weight excluding hydrogens is 212 g/mol. The van der Waals surface area contributed by atoms with Crippen LogP contribution in [0.4, 0.5) is 0 Å². The number of nitrogens with zero attached hydrogens (tertiary/aromatic N) is 2. The molecule has 4 nitrogen and oxygen atoms in total. The second-order valence-electron chi connectivity index (χ2n) is 4.52. The number of hydrogen-bond donors (Lipinski definition) is 2. The van der Waals surface area contributed by atoms with Gasteiger partial charge in [0.25, 0.3) is 0 Å². The molecule has 0 bridgehead atoms. The van der Waals surface area contributed by atoms with Gasteiger partial charge in [-0.1, -0.05) is 0 Å². The lowest BCUT2D eigenvalue weighted by molar-refractivity contribution is 0.914. The third-order valence-electron chi connectivity index (χ3n) is 3.21. The summed E-state index contributed by atoms with van der Waals surface area (Å²) >= 11 is 0. The molecular formula is C13H16N4. The molecule has 0 aromatic carbocycles. The van der Waals surface area contributed by atoms with Crippen molar-refractivity contribution in [3.05, 3.63) is 35.8 Å². The van der Waals surface area contributed by atoms with Crippen molar-refractivity contribution in [3.63, 3.8) is 0 Å². The molecule has 0 aliphatic heterocycles. The predicted molar refractivity (Wildman–Crippen MR) is 66.6 cm³/mol. The number of pyridine rings is 1. The molecule has 0 saturated heterocycles. The Hall–Kier alpha value is -1.68. The number of aromatic nitrogens is 3. The zero-order valence-electron chi connectivity index (χ0n) is 9.69. The van der Waals surface area contributed by atoms with Crippen molar-refractivity contribution in [3.8, 4) is 11.3 Å². The molecule has 3 N–H and O–H groups in total. The van der Waals surface area contributed by atoms with Gasteiger partial charge in [-0.2, -0.15) is 5.10 Å². The Bertz CT molecular complexity index is 499. The molecule has 3 rings (SSSR count). The normalized spacial score (nSPS) is 15.1. The largest absolute Gasteiger partial charge is 0.330 e. The van der Waals surface area contributed by atoms with Gasteiger partial charge < -0.3 is 5.73 Å². The van der Waals surface area contributed by atoms with Gasteiger partial charge in [0.1, 0.15) is 0 Å². The van der Waals surface area contributed by atoms with Gasteiger partial charge in [-0.15, -0.1) is 0 Å². The lowest BCUT2D eigenvalue weighted by Gasteiger charge is -2.03. The molecule has 1 saturated carbocycles. The fourth-order valence-corrected chi connectivity index (χ4v) is 2.23. The van der Waals surface area contributed by atoms with E-state index in [1.165, 1.54) is 24.1 Å². The highest BCUT2D eigenvalue weighted by Gasteiger charge is 2.29. The minimum Gasteiger partial charge on any atom is -0.330 e. The summed E-state index contributed by atoms with van der Waals surface area (Å²) < 4.78 is 0. The maximum Gasteiger partial charge on any atom is 0.0971 e. The van der Waals surface area contributed by atoms with Gasteiger partial charge in [0.2, 0.25) is 0 Å². The Morgan fingerprint density at radius 1 is 1.41 bits per heavy atom. The summed E-state index contributed by atoms with van der Waals surface area (Å²) in [6, 6.07) is 3.98. The maximum absolute atomic E-state index is 5.70. The molecule has 17 heavy (non-hydrogen) atoms. The van der Waals surface area contributed by atoms with Crippen LogP contribution in [-0.4, -0.2) is 21.7 Å². The number of nitrogens with two attached hydrogens (primary N) is 1. The second kappa shape index (κ2) is 4.30. The SMILES string of the molecule is NCCc1c(-c2cccnc2)n[nH]c1C1CC1. The first-order valence-electron chi connectivity index (χ1n) is 6.07. The standard InChI is InChI=1S/C13H16N4/c14-6-5-11-12(9-3-4-9)16-17-13(11)10-2-1-7-15-8-10/h1-2,7-9H,3-6,14H2,(H,16,17). The highest BCUT2D eigenvalue weighted by Crippen LogP contribution is 2.42. The summed E-state index contributed by atoms with van der Waals surface area (Å²) in [5.41, 5.74) is 10.4. The number of rotatable bonds is 4. The third kappa shape index (κ3) is 1.96. The van der Waals surface area contributed by atoms with Crippen molar-refractivity contribution in [2.24, 2.45) is 5.73 Å². The Labute approximate surface area is 100 Å². The zero-order chi connectivity index (χ0) is 11.7.